The second-order valence-corrected chi connectivity index (χ2v) is 7.04. The fourth-order valence-corrected chi connectivity index (χ4v) is 3.65. The second-order valence-electron chi connectivity index (χ2n) is 7.04. The molecule has 0 saturated carbocycles. The first-order chi connectivity index (χ1) is 12.7. The number of carbonyl (C=O) groups is 1. The van der Waals surface area contributed by atoms with Gasteiger partial charge in [-0.25, -0.2) is 15.0 Å². The Bertz CT molecular complexity index is 749. The SMILES string of the molecule is CN1CCN(c2cc(N3CCCC(Cn4cncn4)C3)ncn2)CC1=O. The van der Waals surface area contributed by atoms with Gasteiger partial charge in [-0.15, -0.1) is 0 Å². The average molecular weight is 356 g/mol. The molecule has 1 amide bonds. The summed E-state index contributed by atoms with van der Waals surface area (Å²) in [5.41, 5.74) is 0. The van der Waals surface area contributed by atoms with Crippen LogP contribution in [0.1, 0.15) is 12.8 Å². The van der Waals surface area contributed by atoms with Crippen LogP contribution in [0.25, 0.3) is 0 Å². The third-order valence-corrected chi connectivity index (χ3v) is 5.17. The second kappa shape index (κ2) is 7.27. The van der Waals surface area contributed by atoms with Gasteiger partial charge in [-0.3, -0.25) is 9.48 Å². The van der Waals surface area contributed by atoms with Gasteiger partial charge in [0.15, 0.2) is 0 Å². The summed E-state index contributed by atoms with van der Waals surface area (Å²) in [4.78, 5) is 31.0. The van der Waals surface area contributed by atoms with Gasteiger partial charge in [0, 0.05) is 45.8 Å². The molecule has 1 atom stereocenters. The number of hydrogen-bond donors (Lipinski definition) is 0. The molecule has 9 heteroatoms. The summed E-state index contributed by atoms with van der Waals surface area (Å²) in [5.74, 6) is 2.41. The van der Waals surface area contributed by atoms with Crippen LogP contribution in [-0.2, 0) is 11.3 Å². The van der Waals surface area contributed by atoms with Crippen molar-refractivity contribution >= 4 is 17.5 Å². The largest absolute Gasteiger partial charge is 0.356 e. The Morgan fingerprint density at radius 2 is 1.96 bits per heavy atom. The molecule has 0 aliphatic carbocycles. The predicted molar refractivity (Wildman–Crippen MR) is 96.8 cm³/mol. The molecule has 0 radical (unpaired) electrons. The molecule has 0 spiro atoms. The van der Waals surface area contributed by atoms with Crippen molar-refractivity contribution in [2.75, 3.05) is 49.6 Å². The third-order valence-electron chi connectivity index (χ3n) is 5.17. The standard InChI is InChI=1S/C17H24N8O/c1-22-5-6-24(10-17(22)26)16-7-15(19-12-20-16)23-4-2-3-14(8-23)9-25-13-18-11-21-25/h7,11-14H,2-6,8-10H2,1H3. The van der Waals surface area contributed by atoms with Gasteiger partial charge in [-0.1, -0.05) is 0 Å². The Hall–Kier alpha value is -2.71. The lowest BCUT2D eigenvalue weighted by atomic mass is 9.98. The Labute approximate surface area is 152 Å². The van der Waals surface area contributed by atoms with Crippen LogP contribution in [0, 0.1) is 5.92 Å². The van der Waals surface area contributed by atoms with Gasteiger partial charge in [-0.2, -0.15) is 5.10 Å². The lowest BCUT2D eigenvalue weighted by molar-refractivity contribution is -0.129. The van der Waals surface area contributed by atoms with Crippen LogP contribution < -0.4 is 9.80 Å². The Morgan fingerprint density at radius 3 is 2.73 bits per heavy atom. The molecular weight excluding hydrogens is 332 g/mol. The van der Waals surface area contributed by atoms with Gasteiger partial charge in [0.1, 0.15) is 30.6 Å². The van der Waals surface area contributed by atoms with Gasteiger partial charge in [-0.05, 0) is 18.8 Å². The summed E-state index contributed by atoms with van der Waals surface area (Å²) < 4.78 is 1.90. The fourth-order valence-electron chi connectivity index (χ4n) is 3.65. The van der Waals surface area contributed by atoms with Gasteiger partial charge < -0.3 is 14.7 Å². The highest BCUT2D eigenvalue weighted by Gasteiger charge is 2.25. The number of hydrogen-bond acceptors (Lipinski definition) is 7. The quantitative estimate of drug-likeness (QED) is 0.777. The maximum atomic E-state index is 12.0. The first-order valence-electron chi connectivity index (χ1n) is 9.07. The van der Waals surface area contributed by atoms with Crippen molar-refractivity contribution < 1.29 is 4.79 Å². The summed E-state index contributed by atoms with van der Waals surface area (Å²) in [6.45, 7) is 4.71. The zero-order valence-electron chi connectivity index (χ0n) is 15.0. The van der Waals surface area contributed by atoms with Crippen LogP contribution in [-0.4, -0.2) is 75.3 Å². The van der Waals surface area contributed by atoms with Gasteiger partial charge in [0.25, 0.3) is 0 Å². The van der Waals surface area contributed by atoms with Crippen molar-refractivity contribution in [2.24, 2.45) is 5.92 Å². The van der Waals surface area contributed by atoms with Crippen molar-refractivity contribution in [3.63, 3.8) is 0 Å². The van der Waals surface area contributed by atoms with Crippen LogP contribution in [0.4, 0.5) is 11.6 Å². The summed E-state index contributed by atoms with van der Waals surface area (Å²) in [6, 6.07) is 2.01. The van der Waals surface area contributed by atoms with E-state index in [1.165, 1.54) is 6.42 Å². The topological polar surface area (TPSA) is 83.3 Å². The first-order valence-corrected chi connectivity index (χ1v) is 9.07. The molecule has 138 valence electrons. The highest BCUT2D eigenvalue weighted by molar-refractivity contribution is 5.82. The summed E-state index contributed by atoms with van der Waals surface area (Å²) in [5, 5.41) is 4.22. The van der Waals surface area contributed by atoms with E-state index in [-0.39, 0.29) is 5.91 Å². The van der Waals surface area contributed by atoms with Crippen molar-refractivity contribution in [3.8, 4) is 0 Å². The number of rotatable bonds is 4. The lowest BCUT2D eigenvalue weighted by Crippen LogP contribution is -2.49. The lowest BCUT2D eigenvalue weighted by Gasteiger charge is -2.35. The molecule has 2 aromatic heterocycles. The van der Waals surface area contributed by atoms with E-state index in [2.05, 4.69) is 25.0 Å². The molecule has 0 aromatic carbocycles. The molecule has 26 heavy (non-hydrogen) atoms. The molecule has 9 nitrogen and oxygen atoms in total. The van der Waals surface area contributed by atoms with E-state index in [0.717, 1.165) is 50.8 Å². The molecule has 4 rings (SSSR count). The number of anilines is 2. The van der Waals surface area contributed by atoms with Crippen molar-refractivity contribution in [1.82, 2.24) is 29.6 Å². The molecule has 0 N–H and O–H groups in total. The fraction of sp³-hybridized carbons (Fsp3) is 0.588. The monoisotopic (exact) mass is 356 g/mol. The van der Waals surface area contributed by atoms with Crippen molar-refractivity contribution in [2.45, 2.75) is 19.4 Å². The minimum absolute atomic E-state index is 0.127. The molecule has 4 heterocycles. The molecule has 2 aliphatic heterocycles. The minimum atomic E-state index is 0.127. The molecule has 2 aromatic rings. The van der Waals surface area contributed by atoms with E-state index in [1.54, 1.807) is 23.9 Å². The van der Waals surface area contributed by atoms with E-state index in [1.807, 2.05) is 22.7 Å². The van der Waals surface area contributed by atoms with E-state index in [0.29, 0.717) is 12.5 Å². The van der Waals surface area contributed by atoms with Crippen LogP contribution in [0.15, 0.2) is 25.0 Å². The maximum Gasteiger partial charge on any atom is 0.241 e. The molecule has 2 fully saturated rings. The summed E-state index contributed by atoms with van der Waals surface area (Å²) >= 11 is 0. The zero-order valence-corrected chi connectivity index (χ0v) is 15.0. The van der Waals surface area contributed by atoms with Crippen molar-refractivity contribution in [1.29, 1.82) is 0 Å². The maximum absolute atomic E-state index is 12.0. The van der Waals surface area contributed by atoms with Gasteiger partial charge >= 0.3 is 0 Å². The summed E-state index contributed by atoms with van der Waals surface area (Å²) in [6.07, 6.45) is 7.27. The Kier molecular flexibility index (Phi) is 4.68. The van der Waals surface area contributed by atoms with E-state index in [9.17, 15) is 4.79 Å². The number of likely N-dealkylation sites (N-methyl/N-ethyl adjacent to an activating group) is 1. The first kappa shape index (κ1) is 16.7. The zero-order chi connectivity index (χ0) is 17.9. The third kappa shape index (κ3) is 3.61. The number of carbonyl (C=O) groups excluding carboxylic acids is 1. The Morgan fingerprint density at radius 1 is 1.12 bits per heavy atom. The molecule has 2 saturated heterocycles. The normalized spacial score (nSPS) is 21.3. The predicted octanol–water partition coefficient (Wildman–Crippen LogP) is 0.263. The smallest absolute Gasteiger partial charge is 0.241 e. The number of piperidine rings is 1. The van der Waals surface area contributed by atoms with Crippen LogP contribution in [0.5, 0.6) is 0 Å². The molecule has 2 aliphatic rings. The molecule has 1 unspecified atom stereocenters. The average Bonchev–Trinajstić information content (AvgIpc) is 3.17. The van der Waals surface area contributed by atoms with E-state index in [4.69, 9.17) is 0 Å². The number of nitrogens with zero attached hydrogens (tertiary/aromatic N) is 8. The minimum Gasteiger partial charge on any atom is -0.356 e. The van der Waals surface area contributed by atoms with Crippen LogP contribution in [0.3, 0.4) is 0 Å². The van der Waals surface area contributed by atoms with Crippen LogP contribution in [0.2, 0.25) is 0 Å². The highest BCUT2D eigenvalue weighted by atomic mass is 16.2. The molecule has 0 bridgehead atoms. The van der Waals surface area contributed by atoms with E-state index >= 15 is 0 Å². The number of piperazine rings is 1. The van der Waals surface area contributed by atoms with Crippen LogP contribution >= 0.6 is 0 Å². The molecular formula is C17H24N8O. The Balaban J connectivity index is 1.45. The number of aromatic nitrogens is 5. The van der Waals surface area contributed by atoms with Crippen molar-refractivity contribution in [3.05, 3.63) is 25.0 Å². The highest BCUT2D eigenvalue weighted by Crippen LogP contribution is 2.25. The summed E-state index contributed by atoms with van der Waals surface area (Å²) in [7, 11) is 1.84. The van der Waals surface area contributed by atoms with Gasteiger partial charge in [0.05, 0.1) is 6.54 Å². The van der Waals surface area contributed by atoms with Gasteiger partial charge in [0.2, 0.25) is 5.91 Å². The number of amides is 1. The van der Waals surface area contributed by atoms with E-state index < -0.39 is 0 Å².